The smallest absolute Gasteiger partial charge is 0.166 e. The van der Waals surface area contributed by atoms with E-state index >= 15 is 0 Å². The maximum Gasteiger partial charge on any atom is 0.166 e. The van der Waals surface area contributed by atoms with Crippen LogP contribution in [-0.2, 0) is 14.3 Å². The molecule has 0 bridgehead atoms. The SMILES string of the molecule is CO[C@@H]1C[C@H]2[C@@H]3OC4=C(C=C3CC[C@]2(C)[C@H]1c1ccc2cnccc2c1)C(=O)CC(CN(C)C)C4. The Balaban J connectivity index is 1.33. The zero-order valence-electron chi connectivity index (χ0n) is 21.3. The first-order valence-corrected chi connectivity index (χ1v) is 13.0. The average molecular weight is 473 g/mol. The van der Waals surface area contributed by atoms with Crippen molar-refractivity contribution in [2.24, 2.45) is 17.3 Å². The van der Waals surface area contributed by atoms with Crippen molar-refractivity contribution in [2.75, 3.05) is 27.7 Å². The predicted molar refractivity (Wildman–Crippen MR) is 137 cm³/mol. The van der Waals surface area contributed by atoms with Gasteiger partial charge in [0.2, 0.25) is 0 Å². The normalized spacial score (nSPS) is 34.4. The summed E-state index contributed by atoms with van der Waals surface area (Å²) in [6.45, 7) is 3.36. The third kappa shape index (κ3) is 3.75. The predicted octanol–water partition coefficient (Wildman–Crippen LogP) is 5.27. The fourth-order valence-corrected chi connectivity index (χ4v) is 7.60. The van der Waals surface area contributed by atoms with Crippen molar-refractivity contribution in [1.82, 2.24) is 9.88 Å². The van der Waals surface area contributed by atoms with Crippen LogP contribution >= 0.6 is 0 Å². The number of carbonyl (C=O) groups is 1. The molecule has 4 aliphatic rings. The van der Waals surface area contributed by atoms with Crippen LogP contribution in [0.1, 0.15) is 50.5 Å². The molecule has 2 saturated carbocycles. The van der Waals surface area contributed by atoms with Crippen molar-refractivity contribution in [2.45, 2.75) is 57.2 Å². The molecule has 1 unspecified atom stereocenters. The number of hydrogen-bond donors (Lipinski definition) is 0. The van der Waals surface area contributed by atoms with E-state index in [2.05, 4.69) is 61.2 Å². The topological polar surface area (TPSA) is 51.7 Å². The Bertz CT molecular complexity index is 1230. The van der Waals surface area contributed by atoms with Crippen LogP contribution in [0.2, 0.25) is 0 Å². The lowest BCUT2D eigenvalue weighted by Gasteiger charge is -2.48. The first-order valence-electron chi connectivity index (χ1n) is 13.0. The van der Waals surface area contributed by atoms with E-state index in [1.54, 1.807) is 0 Å². The number of hydrogen-bond acceptors (Lipinski definition) is 5. The lowest BCUT2D eigenvalue weighted by Crippen LogP contribution is -2.44. The molecule has 3 aliphatic carbocycles. The summed E-state index contributed by atoms with van der Waals surface area (Å²) in [6, 6.07) is 8.90. The number of carbonyl (C=O) groups excluding carboxylic acids is 1. The van der Waals surface area contributed by atoms with Gasteiger partial charge in [-0.05, 0) is 73.4 Å². The fraction of sp³-hybridized carbons (Fsp3) is 0.533. The standard InChI is InChI=1S/C30H36N2O3/c1-30-9-7-21-14-23-25(33)11-18(17-32(2)3)12-26(23)35-29(21)24(30)15-27(34-4)28(30)20-5-6-22-16-31-10-8-19(22)13-20/h5-6,8,10,13-14,16,18,24,27-29H,7,9,11-12,15,17H2,1-4H3/t18?,24-,27+,28-,29+,30-/m0/s1. The van der Waals surface area contributed by atoms with Crippen molar-refractivity contribution in [3.8, 4) is 0 Å². The Morgan fingerprint density at radius 3 is 2.86 bits per heavy atom. The molecule has 0 saturated heterocycles. The quantitative estimate of drug-likeness (QED) is 0.607. The van der Waals surface area contributed by atoms with Crippen LogP contribution in [0.25, 0.3) is 10.8 Å². The second-order valence-electron chi connectivity index (χ2n) is 11.6. The van der Waals surface area contributed by atoms with Crippen LogP contribution in [0.4, 0.5) is 0 Å². The van der Waals surface area contributed by atoms with E-state index < -0.39 is 0 Å². The van der Waals surface area contributed by atoms with Crippen LogP contribution in [-0.4, -0.2) is 55.6 Å². The minimum atomic E-state index is 0.0470. The van der Waals surface area contributed by atoms with Crippen LogP contribution in [0.15, 0.2) is 59.6 Å². The van der Waals surface area contributed by atoms with E-state index in [-0.39, 0.29) is 23.4 Å². The molecule has 5 heteroatoms. The van der Waals surface area contributed by atoms with Crippen molar-refractivity contribution >= 4 is 16.6 Å². The summed E-state index contributed by atoms with van der Waals surface area (Å²) < 4.78 is 13.0. The van der Waals surface area contributed by atoms with E-state index in [0.29, 0.717) is 24.2 Å². The number of benzene rings is 1. The van der Waals surface area contributed by atoms with Crippen molar-refractivity contribution < 1.29 is 14.3 Å². The Labute approximate surface area is 208 Å². The molecule has 0 spiro atoms. The van der Waals surface area contributed by atoms with E-state index in [4.69, 9.17) is 9.47 Å². The lowest BCUT2D eigenvalue weighted by atomic mass is 9.61. The van der Waals surface area contributed by atoms with Gasteiger partial charge in [-0.3, -0.25) is 9.78 Å². The summed E-state index contributed by atoms with van der Waals surface area (Å²) in [6.07, 6.45) is 10.7. The number of methoxy groups -OCH3 is 1. The number of fused-ring (bicyclic) bond motifs is 4. The molecule has 0 amide bonds. The number of nitrogens with zero attached hydrogens (tertiary/aromatic N) is 2. The van der Waals surface area contributed by atoms with E-state index in [1.165, 1.54) is 21.9 Å². The van der Waals surface area contributed by atoms with Crippen LogP contribution in [0.3, 0.4) is 0 Å². The van der Waals surface area contributed by atoms with E-state index in [0.717, 1.165) is 43.6 Å². The molecule has 184 valence electrons. The van der Waals surface area contributed by atoms with Gasteiger partial charge in [0.15, 0.2) is 5.78 Å². The summed E-state index contributed by atoms with van der Waals surface area (Å²) in [5.74, 6) is 2.19. The van der Waals surface area contributed by atoms with Gasteiger partial charge in [-0.2, -0.15) is 0 Å². The van der Waals surface area contributed by atoms with Gasteiger partial charge >= 0.3 is 0 Å². The summed E-state index contributed by atoms with van der Waals surface area (Å²) >= 11 is 0. The molecular weight excluding hydrogens is 436 g/mol. The van der Waals surface area contributed by atoms with Gasteiger partial charge in [0.1, 0.15) is 11.9 Å². The maximum absolute atomic E-state index is 13.0. The van der Waals surface area contributed by atoms with Crippen LogP contribution < -0.4 is 0 Å². The third-order valence-electron chi connectivity index (χ3n) is 9.20. The van der Waals surface area contributed by atoms with E-state index in [9.17, 15) is 4.79 Å². The monoisotopic (exact) mass is 472 g/mol. The fourth-order valence-electron chi connectivity index (χ4n) is 7.60. The van der Waals surface area contributed by atoms with E-state index in [1.807, 2.05) is 19.5 Å². The largest absolute Gasteiger partial charge is 0.489 e. The maximum atomic E-state index is 13.0. The molecule has 2 fully saturated rings. The highest BCUT2D eigenvalue weighted by molar-refractivity contribution is 6.00. The van der Waals surface area contributed by atoms with Crippen molar-refractivity contribution in [3.05, 3.63) is 65.2 Å². The van der Waals surface area contributed by atoms with Gasteiger partial charge in [-0.1, -0.05) is 25.1 Å². The molecule has 35 heavy (non-hydrogen) atoms. The molecule has 6 rings (SSSR count). The second-order valence-corrected chi connectivity index (χ2v) is 11.6. The van der Waals surface area contributed by atoms with Gasteiger partial charge in [0.25, 0.3) is 0 Å². The van der Waals surface area contributed by atoms with Gasteiger partial charge in [-0.15, -0.1) is 0 Å². The highest BCUT2D eigenvalue weighted by atomic mass is 16.5. The Kier molecular flexibility index (Phi) is 5.61. The molecule has 2 heterocycles. The molecule has 5 nitrogen and oxygen atoms in total. The Morgan fingerprint density at radius 2 is 2.06 bits per heavy atom. The van der Waals surface area contributed by atoms with Crippen molar-refractivity contribution in [3.63, 3.8) is 0 Å². The van der Waals surface area contributed by atoms with Crippen LogP contribution in [0.5, 0.6) is 0 Å². The molecule has 6 atom stereocenters. The highest BCUT2D eigenvalue weighted by Gasteiger charge is 2.59. The average Bonchev–Trinajstić information content (AvgIpc) is 3.15. The summed E-state index contributed by atoms with van der Waals surface area (Å²) in [4.78, 5) is 19.5. The third-order valence-corrected chi connectivity index (χ3v) is 9.20. The van der Waals surface area contributed by atoms with Gasteiger partial charge in [-0.25, -0.2) is 0 Å². The molecule has 1 aliphatic heterocycles. The van der Waals surface area contributed by atoms with Crippen LogP contribution in [0, 0.1) is 17.3 Å². The highest BCUT2D eigenvalue weighted by Crippen LogP contribution is 2.62. The van der Waals surface area contributed by atoms with Gasteiger partial charge < -0.3 is 14.4 Å². The zero-order valence-corrected chi connectivity index (χ0v) is 21.3. The number of Topliss-reactive ketones (excluding diaryl/α,β-unsaturated/α-hetero) is 1. The number of aromatic nitrogens is 1. The molecule has 1 aromatic heterocycles. The summed E-state index contributed by atoms with van der Waals surface area (Å²) in [5, 5.41) is 2.40. The van der Waals surface area contributed by atoms with Gasteiger partial charge in [0, 0.05) is 56.1 Å². The number of pyridine rings is 1. The Morgan fingerprint density at radius 1 is 1.20 bits per heavy atom. The van der Waals surface area contributed by atoms with Crippen molar-refractivity contribution in [1.29, 1.82) is 0 Å². The first kappa shape index (κ1) is 22.9. The number of ketones is 1. The number of ether oxygens (including phenoxy) is 2. The molecule has 0 N–H and O–H groups in total. The second kappa shape index (κ2) is 8.56. The number of allylic oxidation sites excluding steroid dienone is 3. The summed E-state index contributed by atoms with van der Waals surface area (Å²) in [7, 11) is 6.01. The molecule has 1 aromatic carbocycles. The minimum Gasteiger partial charge on any atom is -0.489 e. The Hall–Kier alpha value is -2.50. The molecular formula is C30H36N2O3. The zero-order chi connectivity index (χ0) is 24.3. The van der Waals surface area contributed by atoms with Gasteiger partial charge in [0.05, 0.1) is 11.7 Å². The molecule has 0 radical (unpaired) electrons. The minimum absolute atomic E-state index is 0.0470. The lowest BCUT2D eigenvalue weighted by molar-refractivity contribution is -0.117. The molecule has 2 aromatic rings. The summed E-state index contributed by atoms with van der Waals surface area (Å²) in [5.41, 5.74) is 3.58. The first-order chi connectivity index (χ1) is 16.9. The number of rotatable bonds is 4.